The molecule has 1 saturated carbocycles. The third-order valence-corrected chi connectivity index (χ3v) is 9.00. The second kappa shape index (κ2) is 12.0. The van der Waals surface area contributed by atoms with Crippen LogP contribution in [0.1, 0.15) is 66.4 Å². The Kier molecular flexibility index (Phi) is 8.02. The molecule has 1 saturated heterocycles. The SMILES string of the molecule is O=C(N=C1Cc2ccc(CN3CCCCC3)cc2N1C1CCC(C(=O)Nc2nccs2)CC1)c1ccc(F)cc1. The number of aliphatic imine (C=N–C) groups is 1. The van der Waals surface area contributed by atoms with E-state index in [4.69, 9.17) is 0 Å². The number of hydrogen-bond acceptors (Lipinski definition) is 5. The fraction of sp³-hybridized carbons (Fsp3) is 0.419. The molecule has 3 heterocycles. The van der Waals surface area contributed by atoms with E-state index in [1.165, 1.54) is 60.4 Å². The minimum Gasteiger partial charge on any atom is -0.326 e. The van der Waals surface area contributed by atoms with Gasteiger partial charge in [-0.2, -0.15) is 4.99 Å². The molecule has 0 spiro atoms. The zero-order valence-corrected chi connectivity index (χ0v) is 23.3. The first-order valence-corrected chi connectivity index (χ1v) is 15.1. The van der Waals surface area contributed by atoms with Crippen LogP contribution in [0.5, 0.6) is 0 Å². The van der Waals surface area contributed by atoms with Gasteiger partial charge >= 0.3 is 0 Å². The lowest BCUT2D eigenvalue weighted by atomic mass is 9.84. The van der Waals surface area contributed by atoms with E-state index < -0.39 is 0 Å². The molecule has 1 N–H and O–H groups in total. The van der Waals surface area contributed by atoms with Crippen LogP contribution in [0.25, 0.3) is 0 Å². The van der Waals surface area contributed by atoms with Gasteiger partial charge < -0.3 is 10.2 Å². The number of benzene rings is 2. The third-order valence-electron chi connectivity index (χ3n) is 8.31. The van der Waals surface area contributed by atoms with Gasteiger partial charge in [0, 0.05) is 47.8 Å². The third kappa shape index (κ3) is 6.00. The summed E-state index contributed by atoms with van der Waals surface area (Å²) < 4.78 is 13.4. The minimum atomic E-state index is -0.379. The molecule has 6 rings (SSSR count). The summed E-state index contributed by atoms with van der Waals surface area (Å²) in [6, 6.07) is 12.4. The van der Waals surface area contributed by atoms with Crippen LogP contribution in [0.4, 0.5) is 15.2 Å². The van der Waals surface area contributed by atoms with Crippen LogP contribution in [0, 0.1) is 11.7 Å². The number of carbonyl (C=O) groups excluding carboxylic acids is 2. The van der Waals surface area contributed by atoms with E-state index in [1.807, 2.05) is 5.38 Å². The molecule has 2 amide bonds. The van der Waals surface area contributed by atoms with Gasteiger partial charge in [-0.25, -0.2) is 9.37 Å². The quantitative estimate of drug-likeness (QED) is 0.397. The fourth-order valence-electron chi connectivity index (χ4n) is 6.22. The molecule has 2 aliphatic heterocycles. The zero-order valence-electron chi connectivity index (χ0n) is 22.5. The Morgan fingerprint density at radius 2 is 1.80 bits per heavy atom. The summed E-state index contributed by atoms with van der Waals surface area (Å²) in [6.07, 6.45) is 9.26. The molecule has 0 atom stereocenters. The molecule has 0 unspecified atom stereocenters. The Morgan fingerprint density at radius 3 is 2.52 bits per heavy atom. The number of hydrogen-bond donors (Lipinski definition) is 1. The van der Waals surface area contributed by atoms with Crippen molar-refractivity contribution in [2.45, 2.75) is 64.0 Å². The number of halogens is 1. The van der Waals surface area contributed by atoms with Crippen LogP contribution in [-0.4, -0.2) is 46.7 Å². The summed E-state index contributed by atoms with van der Waals surface area (Å²) in [5.74, 6) is -0.0442. The van der Waals surface area contributed by atoms with E-state index in [1.54, 1.807) is 6.20 Å². The molecular weight excluding hydrogens is 525 g/mol. The molecule has 40 heavy (non-hydrogen) atoms. The lowest BCUT2D eigenvalue weighted by Gasteiger charge is -2.36. The lowest BCUT2D eigenvalue weighted by molar-refractivity contribution is -0.120. The van der Waals surface area contributed by atoms with Gasteiger partial charge in [0.2, 0.25) is 5.91 Å². The van der Waals surface area contributed by atoms with Crippen molar-refractivity contribution in [3.8, 4) is 0 Å². The molecule has 1 aromatic heterocycles. The summed E-state index contributed by atoms with van der Waals surface area (Å²) in [5.41, 5.74) is 3.93. The van der Waals surface area contributed by atoms with Crippen molar-refractivity contribution in [1.82, 2.24) is 9.88 Å². The summed E-state index contributed by atoms with van der Waals surface area (Å²) in [4.78, 5) is 39.5. The molecule has 0 radical (unpaired) electrons. The average molecular weight is 560 g/mol. The number of rotatable bonds is 6. The van der Waals surface area contributed by atoms with Crippen molar-refractivity contribution in [3.63, 3.8) is 0 Å². The number of thiazole rings is 1. The predicted octanol–water partition coefficient (Wildman–Crippen LogP) is 6.07. The van der Waals surface area contributed by atoms with Crippen LogP contribution in [-0.2, 0) is 17.8 Å². The summed E-state index contributed by atoms with van der Waals surface area (Å²) in [5, 5.41) is 5.44. The lowest BCUT2D eigenvalue weighted by Crippen LogP contribution is -2.42. The number of piperidine rings is 1. The first kappa shape index (κ1) is 26.8. The van der Waals surface area contributed by atoms with Crippen LogP contribution < -0.4 is 10.2 Å². The highest BCUT2D eigenvalue weighted by Crippen LogP contribution is 2.38. The minimum absolute atomic E-state index is 0.0272. The Bertz CT molecular complexity index is 1380. The second-order valence-electron chi connectivity index (χ2n) is 11.0. The van der Waals surface area contributed by atoms with E-state index in [9.17, 15) is 14.0 Å². The molecule has 0 bridgehead atoms. The molecule has 3 aromatic rings. The van der Waals surface area contributed by atoms with Gasteiger partial charge in [-0.3, -0.25) is 14.5 Å². The molecule has 7 nitrogen and oxygen atoms in total. The van der Waals surface area contributed by atoms with Gasteiger partial charge in [-0.15, -0.1) is 11.3 Å². The zero-order chi connectivity index (χ0) is 27.5. The van der Waals surface area contributed by atoms with Crippen molar-refractivity contribution in [1.29, 1.82) is 0 Å². The van der Waals surface area contributed by atoms with Crippen LogP contribution in [0.2, 0.25) is 0 Å². The highest BCUT2D eigenvalue weighted by atomic mass is 32.1. The van der Waals surface area contributed by atoms with Gasteiger partial charge in [-0.05, 0) is 93.1 Å². The van der Waals surface area contributed by atoms with Gasteiger partial charge in [-0.1, -0.05) is 18.6 Å². The number of amidine groups is 1. The van der Waals surface area contributed by atoms with E-state index in [2.05, 4.69) is 43.3 Å². The topological polar surface area (TPSA) is 77.9 Å². The first-order valence-electron chi connectivity index (χ1n) is 14.2. The number of fused-ring (bicyclic) bond motifs is 1. The Hall–Kier alpha value is -3.43. The van der Waals surface area contributed by atoms with Gasteiger partial charge in [0.15, 0.2) is 5.13 Å². The average Bonchev–Trinajstić information content (AvgIpc) is 3.61. The fourth-order valence-corrected chi connectivity index (χ4v) is 6.75. The maximum atomic E-state index is 13.4. The number of carbonyl (C=O) groups is 2. The predicted molar refractivity (Wildman–Crippen MR) is 156 cm³/mol. The number of aromatic nitrogens is 1. The number of amides is 2. The first-order chi connectivity index (χ1) is 19.5. The van der Waals surface area contributed by atoms with Gasteiger partial charge in [0.05, 0.1) is 0 Å². The van der Waals surface area contributed by atoms with Crippen molar-refractivity contribution in [3.05, 3.63) is 76.5 Å². The normalized spacial score (nSPS) is 22.3. The number of likely N-dealkylation sites (tertiary alicyclic amines) is 1. The maximum absolute atomic E-state index is 13.4. The number of nitrogens with one attached hydrogen (secondary N) is 1. The van der Waals surface area contributed by atoms with Crippen molar-refractivity contribution in [2.24, 2.45) is 10.9 Å². The van der Waals surface area contributed by atoms with Gasteiger partial charge in [0.1, 0.15) is 11.7 Å². The van der Waals surface area contributed by atoms with E-state index in [0.29, 0.717) is 17.1 Å². The molecule has 2 aromatic carbocycles. The van der Waals surface area contributed by atoms with Gasteiger partial charge in [0.25, 0.3) is 5.91 Å². The van der Waals surface area contributed by atoms with Crippen molar-refractivity contribution < 1.29 is 14.0 Å². The van der Waals surface area contributed by atoms with E-state index in [0.717, 1.165) is 62.4 Å². The number of nitrogens with zero attached hydrogens (tertiary/aromatic N) is 4. The summed E-state index contributed by atoms with van der Waals surface area (Å²) in [7, 11) is 0. The largest absolute Gasteiger partial charge is 0.326 e. The molecule has 208 valence electrons. The van der Waals surface area contributed by atoms with Crippen LogP contribution in [0.15, 0.2) is 59.0 Å². The Balaban J connectivity index is 1.23. The van der Waals surface area contributed by atoms with Crippen molar-refractivity contribution >= 4 is 39.8 Å². The standard InChI is InChI=1S/C31H34FN5O2S/c32-25-10-6-22(7-11-25)29(38)34-28-19-24-5-4-21(20-36-15-2-1-3-16-36)18-27(24)37(28)26-12-8-23(9-13-26)30(39)35-31-33-14-17-40-31/h4-7,10-11,14,17-18,23,26H,1-3,8-9,12-13,15-16,19-20H2,(H,33,35,39). The molecule has 1 aliphatic carbocycles. The summed E-state index contributed by atoms with van der Waals surface area (Å²) >= 11 is 1.42. The van der Waals surface area contributed by atoms with E-state index in [-0.39, 0.29) is 29.6 Å². The summed E-state index contributed by atoms with van der Waals surface area (Å²) in [6.45, 7) is 3.19. The Morgan fingerprint density at radius 1 is 1.02 bits per heavy atom. The van der Waals surface area contributed by atoms with Crippen LogP contribution >= 0.6 is 11.3 Å². The van der Waals surface area contributed by atoms with Crippen molar-refractivity contribution in [2.75, 3.05) is 23.3 Å². The Labute approximate surface area is 238 Å². The highest BCUT2D eigenvalue weighted by molar-refractivity contribution is 7.13. The smallest absolute Gasteiger partial charge is 0.278 e. The second-order valence-corrected chi connectivity index (χ2v) is 11.9. The maximum Gasteiger partial charge on any atom is 0.278 e. The number of anilines is 2. The molecule has 9 heteroatoms. The molecular formula is C31H34FN5O2S. The highest BCUT2D eigenvalue weighted by Gasteiger charge is 2.36. The van der Waals surface area contributed by atoms with E-state index >= 15 is 0 Å². The molecule has 2 fully saturated rings. The monoisotopic (exact) mass is 559 g/mol. The molecule has 3 aliphatic rings. The van der Waals surface area contributed by atoms with Crippen LogP contribution in [0.3, 0.4) is 0 Å².